The molecular formula is C13H19F3N4. The van der Waals surface area contributed by atoms with Crippen LogP contribution in [0.25, 0.3) is 0 Å². The van der Waals surface area contributed by atoms with E-state index in [2.05, 4.69) is 15.3 Å². The summed E-state index contributed by atoms with van der Waals surface area (Å²) in [4.78, 5) is 9.18. The summed E-state index contributed by atoms with van der Waals surface area (Å²) < 4.78 is 38.7. The molecule has 1 aromatic heterocycles. The van der Waals surface area contributed by atoms with E-state index >= 15 is 0 Å². The first kappa shape index (κ1) is 14.9. The molecular weight excluding hydrogens is 269 g/mol. The van der Waals surface area contributed by atoms with Crippen molar-refractivity contribution >= 4 is 11.6 Å². The van der Waals surface area contributed by atoms with Crippen LogP contribution in [0, 0.1) is 0 Å². The van der Waals surface area contributed by atoms with Crippen molar-refractivity contribution in [2.75, 3.05) is 23.3 Å². The van der Waals surface area contributed by atoms with Crippen molar-refractivity contribution in [3.8, 4) is 0 Å². The van der Waals surface area contributed by atoms with Crippen LogP contribution in [0.2, 0.25) is 0 Å². The van der Waals surface area contributed by atoms with E-state index in [1.807, 2.05) is 25.7 Å². The Morgan fingerprint density at radius 2 is 2.05 bits per heavy atom. The first-order valence-corrected chi connectivity index (χ1v) is 6.72. The van der Waals surface area contributed by atoms with Crippen LogP contribution in [0.5, 0.6) is 0 Å². The monoisotopic (exact) mass is 288 g/mol. The maximum absolute atomic E-state index is 12.9. The molecule has 2 heterocycles. The van der Waals surface area contributed by atoms with Gasteiger partial charge in [0.05, 0.1) is 0 Å². The molecule has 1 aromatic rings. The number of nitrogens with zero attached hydrogens (tertiary/aromatic N) is 3. The molecule has 112 valence electrons. The molecule has 0 radical (unpaired) electrons. The smallest absolute Gasteiger partial charge is 0.370 e. The molecule has 7 heteroatoms. The van der Waals surface area contributed by atoms with Gasteiger partial charge >= 0.3 is 6.18 Å². The fourth-order valence-corrected chi connectivity index (χ4v) is 2.50. The fraction of sp³-hybridized carbons (Fsp3) is 0.692. The SMILES string of the molecule is CCNc1cc(N2CCCC2(C)C)nc(C(F)(F)F)n1. The minimum Gasteiger partial charge on any atom is -0.370 e. The van der Waals surface area contributed by atoms with Crippen LogP contribution in [0.4, 0.5) is 24.8 Å². The number of hydrogen-bond acceptors (Lipinski definition) is 4. The number of aromatic nitrogens is 2. The fourth-order valence-electron chi connectivity index (χ4n) is 2.50. The Morgan fingerprint density at radius 1 is 1.35 bits per heavy atom. The zero-order valence-corrected chi connectivity index (χ0v) is 11.9. The molecule has 0 aliphatic carbocycles. The standard InChI is InChI=1S/C13H19F3N4/c1-4-17-9-8-10(19-11(18-9)13(14,15)16)20-7-5-6-12(20,2)3/h8H,4-7H2,1-3H3,(H,17,18,19). The molecule has 1 aliphatic heterocycles. The lowest BCUT2D eigenvalue weighted by Gasteiger charge is -2.33. The normalized spacial score (nSPS) is 18.4. The Bertz CT molecular complexity index is 485. The Balaban J connectivity index is 2.44. The zero-order chi connectivity index (χ0) is 15.0. The lowest BCUT2D eigenvalue weighted by atomic mass is 10.0. The van der Waals surface area contributed by atoms with E-state index in [9.17, 15) is 13.2 Å². The second-order valence-corrected chi connectivity index (χ2v) is 5.53. The van der Waals surface area contributed by atoms with E-state index < -0.39 is 12.0 Å². The Morgan fingerprint density at radius 3 is 2.55 bits per heavy atom. The molecule has 0 atom stereocenters. The van der Waals surface area contributed by atoms with Crippen molar-refractivity contribution in [2.45, 2.75) is 45.3 Å². The van der Waals surface area contributed by atoms with Gasteiger partial charge in [0.2, 0.25) is 5.82 Å². The summed E-state index contributed by atoms with van der Waals surface area (Å²) in [6, 6.07) is 1.59. The molecule has 20 heavy (non-hydrogen) atoms. The molecule has 2 rings (SSSR count). The summed E-state index contributed by atoms with van der Waals surface area (Å²) in [5, 5.41) is 2.83. The second kappa shape index (κ2) is 5.10. The van der Waals surface area contributed by atoms with Gasteiger partial charge in [-0.15, -0.1) is 0 Å². The van der Waals surface area contributed by atoms with Crippen LogP contribution in [-0.2, 0) is 6.18 Å². The molecule has 0 unspecified atom stereocenters. The van der Waals surface area contributed by atoms with Gasteiger partial charge in [-0.3, -0.25) is 0 Å². The van der Waals surface area contributed by atoms with Gasteiger partial charge in [0.15, 0.2) is 0 Å². The second-order valence-electron chi connectivity index (χ2n) is 5.53. The van der Waals surface area contributed by atoms with E-state index in [0.717, 1.165) is 12.8 Å². The van der Waals surface area contributed by atoms with Gasteiger partial charge in [0.25, 0.3) is 0 Å². The van der Waals surface area contributed by atoms with Crippen molar-refractivity contribution in [3.63, 3.8) is 0 Å². The predicted octanol–water partition coefficient (Wildman–Crippen LogP) is 3.31. The molecule has 4 nitrogen and oxygen atoms in total. The summed E-state index contributed by atoms with van der Waals surface area (Å²) in [7, 11) is 0. The number of hydrogen-bond donors (Lipinski definition) is 1. The molecule has 0 saturated carbocycles. The third-order valence-corrected chi connectivity index (χ3v) is 3.50. The highest BCUT2D eigenvalue weighted by Crippen LogP contribution is 2.35. The third-order valence-electron chi connectivity index (χ3n) is 3.50. The van der Waals surface area contributed by atoms with Crippen LogP contribution < -0.4 is 10.2 Å². The van der Waals surface area contributed by atoms with Gasteiger partial charge < -0.3 is 10.2 Å². The Kier molecular flexibility index (Phi) is 3.80. The maximum atomic E-state index is 12.9. The Hall–Kier alpha value is -1.53. The van der Waals surface area contributed by atoms with Crippen molar-refractivity contribution in [1.82, 2.24) is 9.97 Å². The van der Waals surface area contributed by atoms with Gasteiger partial charge in [0.1, 0.15) is 11.6 Å². The lowest BCUT2D eigenvalue weighted by molar-refractivity contribution is -0.144. The minimum atomic E-state index is -4.54. The highest BCUT2D eigenvalue weighted by molar-refractivity contribution is 5.52. The van der Waals surface area contributed by atoms with Gasteiger partial charge in [-0.25, -0.2) is 9.97 Å². The van der Waals surface area contributed by atoms with Crippen LogP contribution >= 0.6 is 0 Å². The Labute approximate surface area is 116 Å². The van der Waals surface area contributed by atoms with Crippen molar-refractivity contribution in [2.24, 2.45) is 0 Å². The van der Waals surface area contributed by atoms with Gasteiger partial charge in [-0.05, 0) is 33.6 Å². The summed E-state index contributed by atoms with van der Waals surface area (Å²) in [6.07, 6.45) is -2.65. The molecule has 0 spiro atoms. The van der Waals surface area contributed by atoms with Crippen LogP contribution in [0.1, 0.15) is 39.4 Å². The molecule has 0 bridgehead atoms. The highest BCUT2D eigenvalue weighted by atomic mass is 19.4. The molecule has 0 amide bonds. The first-order valence-electron chi connectivity index (χ1n) is 6.72. The number of anilines is 2. The quantitative estimate of drug-likeness (QED) is 0.926. The van der Waals surface area contributed by atoms with Crippen LogP contribution in [0.3, 0.4) is 0 Å². The maximum Gasteiger partial charge on any atom is 0.451 e. The van der Waals surface area contributed by atoms with E-state index in [4.69, 9.17) is 0 Å². The number of alkyl halides is 3. The number of nitrogens with one attached hydrogen (secondary N) is 1. The molecule has 1 N–H and O–H groups in total. The van der Waals surface area contributed by atoms with Gasteiger partial charge in [-0.2, -0.15) is 13.2 Å². The van der Waals surface area contributed by atoms with Crippen LogP contribution in [-0.4, -0.2) is 28.6 Å². The van der Waals surface area contributed by atoms with Crippen LogP contribution in [0.15, 0.2) is 6.07 Å². The third kappa shape index (κ3) is 2.96. The van der Waals surface area contributed by atoms with Crippen molar-refractivity contribution < 1.29 is 13.2 Å². The summed E-state index contributed by atoms with van der Waals surface area (Å²) in [5.41, 5.74) is -0.180. The topological polar surface area (TPSA) is 41.0 Å². The number of halogens is 3. The predicted molar refractivity (Wildman–Crippen MR) is 71.9 cm³/mol. The largest absolute Gasteiger partial charge is 0.451 e. The van der Waals surface area contributed by atoms with Crippen molar-refractivity contribution in [3.05, 3.63) is 11.9 Å². The molecule has 1 fully saturated rings. The molecule has 1 saturated heterocycles. The first-order chi connectivity index (χ1) is 9.24. The molecule has 1 aliphatic rings. The lowest BCUT2D eigenvalue weighted by Crippen LogP contribution is -2.39. The summed E-state index contributed by atoms with van der Waals surface area (Å²) in [5.74, 6) is -0.535. The average molecular weight is 288 g/mol. The minimum absolute atomic E-state index is 0.180. The van der Waals surface area contributed by atoms with Gasteiger partial charge in [-0.1, -0.05) is 0 Å². The summed E-state index contributed by atoms with van der Waals surface area (Å²) >= 11 is 0. The van der Waals surface area contributed by atoms with Crippen molar-refractivity contribution in [1.29, 1.82) is 0 Å². The van der Waals surface area contributed by atoms with E-state index in [-0.39, 0.29) is 11.4 Å². The van der Waals surface area contributed by atoms with Gasteiger partial charge in [0, 0.05) is 24.7 Å². The van der Waals surface area contributed by atoms with E-state index in [1.165, 1.54) is 0 Å². The molecule has 0 aromatic carbocycles. The van der Waals surface area contributed by atoms with E-state index in [0.29, 0.717) is 18.9 Å². The zero-order valence-electron chi connectivity index (χ0n) is 11.9. The number of rotatable bonds is 3. The van der Waals surface area contributed by atoms with E-state index in [1.54, 1.807) is 6.07 Å². The highest BCUT2D eigenvalue weighted by Gasteiger charge is 2.38. The average Bonchev–Trinajstić information content (AvgIpc) is 2.68. The summed E-state index contributed by atoms with van der Waals surface area (Å²) in [6.45, 7) is 7.07.